The molecule has 0 aliphatic heterocycles. The zero-order valence-electron chi connectivity index (χ0n) is 15.4. The predicted molar refractivity (Wildman–Crippen MR) is 108 cm³/mol. The Morgan fingerprint density at radius 3 is 2.37 bits per heavy atom. The largest absolute Gasteiger partial charge is 0.481 e. The van der Waals surface area contributed by atoms with Crippen LogP contribution in [0.25, 0.3) is 0 Å². The van der Waals surface area contributed by atoms with Crippen molar-refractivity contribution in [1.29, 1.82) is 0 Å². The molecule has 2 aromatic rings. The van der Waals surface area contributed by atoms with Gasteiger partial charge in [0.1, 0.15) is 5.75 Å². The molecule has 2 aromatic carbocycles. The van der Waals surface area contributed by atoms with Gasteiger partial charge in [-0.25, -0.2) is 0 Å². The highest BCUT2D eigenvalue weighted by Gasteiger charge is 2.24. The highest BCUT2D eigenvalue weighted by Crippen LogP contribution is 2.20. The topological polar surface area (TPSA) is 58.6 Å². The molecule has 0 bridgehead atoms. The van der Waals surface area contributed by atoms with Crippen molar-refractivity contribution < 1.29 is 14.3 Å². The maximum absolute atomic E-state index is 12.5. The minimum atomic E-state index is -0.584. The molecule has 0 radical (unpaired) electrons. The van der Waals surface area contributed by atoms with Gasteiger partial charge in [-0.05, 0) is 61.7 Å². The number of carbonyl (C=O) groups is 2. The Hall–Kier alpha value is -2.34. The van der Waals surface area contributed by atoms with Gasteiger partial charge in [0.15, 0.2) is 6.10 Å². The van der Waals surface area contributed by atoms with Crippen LogP contribution < -0.4 is 10.1 Å². The predicted octanol–water partition coefficient (Wildman–Crippen LogP) is 3.77. The Labute approximate surface area is 167 Å². The zero-order valence-corrected chi connectivity index (χ0v) is 17.0. The Morgan fingerprint density at radius 1 is 1.15 bits per heavy atom. The molecule has 1 saturated carbocycles. The van der Waals surface area contributed by atoms with Crippen molar-refractivity contribution in [3.63, 3.8) is 0 Å². The molecule has 5 nitrogen and oxygen atoms in total. The van der Waals surface area contributed by atoms with Crippen LogP contribution in [0.4, 0.5) is 0 Å². The number of nitrogens with one attached hydrogen (secondary N) is 1. The van der Waals surface area contributed by atoms with E-state index in [2.05, 4.69) is 21.2 Å². The quantitative estimate of drug-likeness (QED) is 0.726. The van der Waals surface area contributed by atoms with Crippen molar-refractivity contribution in [2.75, 3.05) is 7.05 Å². The summed E-state index contributed by atoms with van der Waals surface area (Å²) < 4.78 is 6.68. The summed E-state index contributed by atoms with van der Waals surface area (Å²) in [5.41, 5.74) is 1.61. The fourth-order valence-electron chi connectivity index (χ4n) is 2.69. The summed E-state index contributed by atoms with van der Waals surface area (Å²) in [5, 5.41) is 2.97. The Morgan fingerprint density at radius 2 is 1.78 bits per heavy atom. The van der Waals surface area contributed by atoms with E-state index in [4.69, 9.17) is 4.74 Å². The van der Waals surface area contributed by atoms with Crippen LogP contribution in [-0.2, 0) is 11.3 Å². The molecule has 2 amide bonds. The molecule has 1 N–H and O–H groups in total. The number of ether oxygens (including phenoxy) is 1. The molecule has 1 aliphatic rings. The maximum Gasteiger partial charge on any atom is 0.263 e. The van der Waals surface area contributed by atoms with E-state index in [1.54, 1.807) is 31.0 Å². The van der Waals surface area contributed by atoms with Gasteiger partial charge in [-0.15, -0.1) is 0 Å². The lowest BCUT2D eigenvalue weighted by Crippen LogP contribution is -2.37. The van der Waals surface area contributed by atoms with Crippen molar-refractivity contribution in [2.24, 2.45) is 0 Å². The number of rotatable bonds is 7. The first-order valence-corrected chi connectivity index (χ1v) is 9.78. The van der Waals surface area contributed by atoms with Gasteiger partial charge in [-0.3, -0.25) is 9.59 Å². The number of likely N-dealkylation sites (N-methyl/N-ethyl adjacent to an activating group) is 1. The van der Waals surface area contributed by atoms with Crippen LogP contribution in [0.3, 0.4) is 0 Å². The van der Waals surface area contributed by atoms with Crippen LogP contribution in [0.5, 0.6) is 5.75 Å². The van der Waals surface area contributed by atoms with Gasteiger partial charge in [0.2, 0.25) is 0 Å². The maximum atomic E-state index is 12.5. The highest BCUT2D eigenvalue weighted by molar-refractivity contribution is 9.10. The average molecular weight is 431 g/mol. The third kappa shape index (κ3) is 5.57. The second kappa shape index (κ2) is 8.57. The lowest BCUT2D eigenvalue weighted by atomic mass is 10.1. The van der Waals surface area contributed by atoms with Gasteiger partial charge in [-0.1, -0.05) is 28.1 Å². The van der Waals surface area contributed by atoms with Crippen LogP contribution in [-0.4, -0.2) is 35.9 Å². The second-order valence-electron chi connectivity index (χ2n) is 6.85. The lowest BCUT2D eigenvalue weighted by Gasteiger charge is -2.22. The van der Waals surface area contributed by atoms with Gasteiger partial charge >= 0.3 is 0 Å². The molecular weight excluding hydrogens is 408 g/mol. The van der Waals surface area contributed by atoms with E-state index in [-0.39, 0.29) is 11.8 Å². The molecule has 3 rings (SSSR count). The van der Waals surface area contributed by atoms with E-state index < -0.39 is 6.10 Å². The second-order valence-corrected chi connectivity index (χ2v) is 7.77. The molecule has 0 heterocycles. The first-order chi connectivity index (χ1) is 12.9. The van der Waals surface area contributed by atoms with E-state index in [9.17, 15) is 9.59 Å². The fourth-order valence-corrected chi connectivity index (χ4v) is 2.95. The molecule has 0 saturated heterocycles. The summed E-state index contributed by atoms with van der Waals surface area (Å²) >= 11 is 3.37. The minimum Gasteiger partial charge on any atom is -0.481 e. The van der Waals surface area contributed by atoms with E-state index in [1.807, 2.05) is 36.4 Å². The minimum absolute atomic E-state index is 0.0370. The van der Waals surface area contributed by atoms with Crippen LogP contribution >= 0.6 is 15.9 Å². The number of hydrogen-bond acceptors (Lipinski definition) is 3. The number of nitrogens with zero attached hydrogens (tertiary/aromatic N) is 1. The van der Waals surface area contributed by atoms with E-state index in [0.717, 1.165) is 22.9 Å². The van der Waals surface area contributed by atoms with Crippen LogP contribution in [0.2, 0.25) is 0 Å². The monoisotopic (exact) mass is 430 g/mol. The highest BCUT2D eigenvalue weighted by atomic mass is 79.9. The summed E-state index contributed by atoms with van der Waals surface area (Å²) in [4.78, 5) is 26.2. The van der Waals surface area contributed by atoms with Crippen molar-refractivity contribution >= 4 is 27.7 Å². The Kier molecular flexibility index (Phi) is 6.16. The molecular formula is C21H23BrN2O3. The third-order valence-electron chi connectivity index (χ3n) is 4.40. The summed E-state index contributed by atoms with van der Waals surface area (Å²) in [7, 11) is 1.75. The molecule has 1 atom stereocenters. The Balaban J connectivity index is 1.53. The third-order valence-corrected chi connectivity index (χ3v) is 4.93. The number of carbonyl (C=O) groups excluding carboxylic acids is 2. The SMILES string of the molecule is CC(Oc1ccc(Br)cc1)C(=O)N(C)Cc1ccc(C(=O)NC2CC2)cc1. The molecule has 27 heavy (non-hydrogen) atoms. The van der Waals surface area contributed by atoms with Crippen molar-refractivity contribution in [3.05, 3.63) is 64.1 Å². The molecule has 1 unspecified atom stereocenters. The number of halogens is 1. The Bertz CT molecular complexity index is 801. The summed E-state index contributed by atoms with van der Waals surface area (Å²) in [6.45, 7) is 2.20. The number of amides is 2. The van der Waals surface area contributed by atoms with Gasteiger partial charge in [-0.2, -0.15) is 0 Å². The first-order valence-electron chi connectivity index (χ1n) is 8.99. The summed E-state index contributed by atoms with van der Waals surface area (Å²) in [6, 6.07) is 15.1. The van der Waals surface area contributed by atoms with Crippen molar-refractivity contribution in [3.8, 4) is 5.75 Å². The first kappa shape index (κ1) is 19.4. The van der Waals surface area contributed by atoms with Crippen LogP contribution in [0, 0.1) is 0 Å². The lowest BCUT2D eigenvalue weighted by molar-refractivity contribution is -0.137. The number of hydrogen-bond donors (Lipinski definition) is 1. The molecule has 6 heteroatoms. The molecule has 0 spiro atoms. The van der Waals surface area contributed by atoms with Crippen molar-refractivity contribution in [2.45, 2.75) is 38.5 Å². The summed E-state index contributed by atoms with van der Waals surface area (Å²) in [5.74, 6) is 0.511. The average Bonchev–Trinajstić information content (AvgIpc) is 3.47. The molecule has 142 valence electrons. The van der Waals surface area contributed by atoms with Crippen LogP contribution in [0.15, 0.2) is 53.0 Å². The molecule has 0 aromatic heterocycles. The molecule has 1 aliphatic carbocycles. The van der Waals surface area contributed by atoms with E-state index in [0.29, 0.717) is 23.9 Å². The smallest absolute Gasteiger partial charge is 0.263 e. The van der Waals surface area contributed by atoms with Gasteiger partial charge in [0.05, 0.1) is 0 Å². The van der Waals surface area contributed by atoms with Gasteiger partial charge in [0, 0.05) is 29.7 Å². The van der Waals surface area contributed by atoms with Crippen LogP contribution in [0.1, 0.15) is 35.7 Å². The van der Waals surface area contributed by atoms with E-state index in [1.165, 1.54) is 0 Å². The van der Waals surface area contributed by atoms with Crippen molar-refractivity contribution in [1.82, 2.24) is 10.2 Å². The fraction of sp³-hybridized carbons (Fsp3) is 0.333. The zero-order chi connectivity index (χ0) is 19.4. The van der Waals surface area contributed by atoms with Gasteiger partial charge < -0.3 is 15.0 Å². The normalized spacial score (nSPS) is 14.3. The standard InChI is InChI=1S/C21H23BrN2O3/c1-14(27-19-11-7-17(22)8-12-19)21(26)24(2)13-15-3-5-16(6-4-15)20(25)23-18-9-10-18/h3-8,11-12,14,18H,9-10,13H2,1-2H3,(H,23,25). The van der Waals surface area contributed by atoms with Gasteiger partial charge in [0.25, 0.3) is 11.8 Å². The van der Waals surface area contributed by atoms with E-state index >= 15 is 0 Å². The number of benzene rings is 2. The summed E-state index contributed by atoms with van der Waals surface area (Å²) in [6.07, 6.45) is 1.55. The molecule has 1 fully saturated rings.